The first-order valence-electron chi connectivity index (χ1n) is 6.24. The Morgan fingerprint density at radius 1 is 1.30 bits per heavy atom. The van der Waals surface area contributed by atoms with Gasteiger partial charge in [0.15, 0.2) is 11.6 Å². The molecule has 1 aliphatic heterocycles. The Labute approximate surface area is 120 Å². The number of thiocarbonyl (C=S) groups is 1. The van der Waals surface area contributed by atoms with E-state index in [1.165, 1.54) is 12.1 Å². The number of primary amides is 1. The van der Waals surface area contributed by atoms with E-state index in [2.05, 4.69) is 12.2 Å². The molecular weight excluding hydrogens is 284 g/mol. The van der Waals surface area contributed by atoms with E-state index in [9.17, 15) is 13.6 Å². The van der Waals surface area contributed by atoms with Crippen molar-refractivity contribution in [3.05, 3.63) is 29.3 Å². The third-order valence-corrected chi connectivity index (χ3v) is 3.71. The fraction of sp³-hybridized carbons (Fsp3) is 0.385. The Morgan fingerprint density at radius 3 is 2.60 bits per heavy atom. The molecule has 1 heterocycles. The summed E-state index contributed by atoms with van der Waals surface area (Å²) in [5, 5.41) is 0. The smallest absolute Gasteiger partial charge is 0.222 e. The number of hydrogen-bond donors (Lipinski definition) is 2. The Balaban J connectivity index is 2.31. The normalized spacial score (nSPS) is 18.9. The molecule has 1 aliphatic rings. The molecule has 0 saturated carbocycles. The topological polar surface area (TPSA) is 72.4 Å². The minimum Gasteiger partial charge on any atom is -0.389 e. The lowest BCUT2D eigenvalue weighted by atomic mass is 9.97. The first-order valence-corrected chi connectivity index (χ1v) is 6.64. The van der Waals surface area contributed by atoms with Gasteiger partial charge in [-0.25, -0.2) is 8.78 Å². The molecule has 0 aromatic heterocycles. The predicted octanol–water partition coefficient (Wildman–Crippen LogP) is 1.30. The molecule has 1 unspecified atom stereocenters. The summed E-state index contributed by atoms with van der Waals surface area (Å²) in [4.78, 5) is 12.7. The summed E-state index contributed by atoms with van der Waals surface area (Å²) in [7, 11) is 0. The third-order valence-electron chi connectivity index (χ3n) is 3.49. The van der Waals surface area contributed by atoms with Crippen LogP contribution in [0.3, 0.4) is 0 Å². The number of benzene rings is 1. The number of rotatable bonds is 3. The zero-order chi connectivity index (χ0) is 14.9. The van der Waals surface area contributed by atoms with Gasteiger partial charge in [0.25, 0.3) is 0 Å². The van der Waals surface area contributed by atoms with Crippen molar-refractivity contribution < 1.29 is 13.6 Å². The number of piperidine rings is 1. The molecule has 1 amide bonds. The fourth-order valence-electron chi connectivity index (χ4n) is 2.40. The Kier molecular flexibility index (Phi) is 4.17. The second kappa shape index (κ2) is 5.70. The van der Waals surface area contributed by atoms with E-state index in [-0.39, 0.29) is 28.7 Å². The molecule has 4 nitrogen and oxygen atoms in total. The van der Waals surface area contributed by atoms with Gasteiger partial charge in [-0.1, -0.05) is 12.2 Å². The van der Waals surface area contributed by atoms with Gasteiger partial charge in [-0.05, 0) is 25.0 Å². The van der Waals surface area contributed by atoms with Crippen molar-refractivity contribution in [2.24, 2.45) is 17.4 Å². The van der Waals surface area contributed by atoms with Crippen molar-refractivity contribution in [3.63, 3.8) is 0 Å². The predicted molar refractivity (Wildman–Crippen MR) is 76.4 cm³/mol. The zero-order valence-corrected chi connectivity index (χ0v) is 11.6. The minimum atomic E-state index is -1.06. The van der Waals surface area contributed by atoms with Gasteiger partial charge in [-0.15, -0.1) is 0 Å². The highest BCUT2D eigenvalue weighted by molar-refractivity contribution is 7.80. The van der Waals surface area contributed by atoms with Crippen LogP contribution in [0.1, 0.15) is 18.4 Å². The lowest BCUT2D eigenvalue weighted by Gasteiger charge is -2.33. The van der Waals surface area contributed by atoms with Crippen molar-refractivity contribution >= 4 is 28.8 Å². The third kappa shape index (κ3) is 2.72. The Bertz CT molecular complexity index is 565. The molecule has 1 fully saturated rings. The van der Waals surface area contributed by atoms with Crippen molar-refractivity contribution in [1.82, 2.24) is 0 Å². The molecular formula is C13H15F2N3OS. The number of hydrogen-bond acceptors (Lipinski definition) is 3. The number of nitrogens with two attached hydrogens (primary N) is 2. The van der Waals surface area contributed by atoms with Crippen LogP contribution in [0.5, 0.6) is 0 Å². The van der Waals surface area contributed by atoms with Crippen LogP contribution in [0.25, 0.3) is 0 Å². The van der Waals surface area contributed by atoms with E-state index in [1.54, 1.807) is 4.90 Å². The average Bonchev–Trinajstić information content (AvgIpc) is 2.41. The van der Waals surface area contributed by atoms with Gasteiger partial charge >= 0.3 is 0 Å². The SMILES string of the molecule is NC(=O)C1CCCN(c2ccc(C(N)=S)c(F)c2F)C1. The summed E-state index contributed by atoms with van der Waals surface area (Å²) in [5.41, 5.74) is 10.6. The molecule has 108 valence electrons. The van der Waals surface area contributed by atoms with Crippen molar-refractivity contribution in [2.45, 2.75) is 12.8 Å². The van der Waals surface area contributed by atoms with E-state index < -0.39 is 17.5 Å². The lowest BCUT2D eigenvalue weighted by Crippen LogP contribution is -2.41. The second-order valence-electron chi connectivity index (χ2n) is 4.81. The Morgan fingerprint density at radius 2 is 2.00 bits per heavy atom. The van der Waals surface area contributed by atoms with Crippen LogP contribution in [0.4, 0.5) is 14.5 Å². The summed E-state index contributed by atoms with van der Waals surface area (Å²) in [6.45, 7) is 0.838. The van der Waals surface area contributed by atoms with Gasteiger partial charge in [0, 0.05) is 18.7 Å². The molecule has 0 spiro atoms. The molecule has 20 heavy (non-hydrogen) atoms. The highest BCUT2D eigenvalue weighted by atomic mass is 32.1. The number of carbonyl (C=O) groups is 1. The summed E-state index contributed by atoms with van der Waals surface area (Å²) in [6, 6.07) is 2.78. The minimum absolute atomic E-state index is 0.105. The summed E-state index contributed by atoms with van der Waals surface area (Å²) < 4.78 is 27.9. The van der Waals surface area contributed by atoms with Gasteiger partial charge in [0.2, 0.25) is 5.91 Å². The quantitative estimate of drug-likeness (QED) is 0.825. The highest BCUT2D eigenvalue weighted by Crippen LogP contribution is 2.28. The molecule has 2 rings (SSSR count). The number of nitrogens with zero attached hydrogens (tertiary/aromatic N) is 1. The molecule has 4 N–H and O–H groups in total. The first kappa shape index (κ1) is 14.6. The molecule has 1 aromatic carbocycles. The van der Waals surface area contributed by atoms with E-state index in [4.69, 9.17) is 11.5 Å². The second-order valence-corrected chi connectivity index (χ2v) is 5.25. The highest BCUT2D eigenvalue weighted by Gasteiger charge is 2.27. The van der Waals surface area contributed by atoms with Gasteiger partial charge in [0.05, 0.1) is 11.6 Å². The van der Waals surface area contributed by atoms with Gasteiger partial charge in [-0.2, -0.15) is 0 Å². The van der Waals surface area contributed by atoms with Gasteiger partial charge < -0.3 is 16.4 Å². The zero-order valence-electron chi connectivity index (χ0n) is 10.7. The van der Waals surface area contributed by atoms with Crippen molar-refractivity contribution in [3.8, 4) is 0 Å². The Hall–Kier alpha value is -1.76. The van der Waals surface area contributed by atoms with Crippen LogP contribution >= 0.6 is 12.2 Å². The van der Waals surface area contributed by atoms with E-state index in [0.29, 0.717) is 19.4 Å². The van der Waals surface area contributed by atoms with E-state index in [1.807, 2.05) is 0 Å². The van der Waals surface area contributed by atoms with Crippen LogP contribution in [0, 0.1) is 17.6 Å². The van der Waals surface area contributed by atoms with E-state index in [0.717, 1.165) is 0 Å². The average molecular weight is 299 g/mol. The maximum Gasteiger partial charge on any atom is 0.222 e. The largest absolute Gasteiger partial charge is 0.389 e. The van der Waals surface area contributed by atoms with E-state index >= 15 is 0 Å². The van der Waals surface area contributed by atoms with Crippen molar-refractivity contribution in [2.75, 3.05) is 18.0 Å². The number of anilines is 1. The number of amides is 1. The molecule has 7 heteroatoms. The number of carbonyl (C=O) groups excluding carboxylic acids is 1. The van der Waals surface area contributed by atoms with Crippen LogP contribution < -0.4 is 16.4 Å². The van der Waals surface area contributed by atoms with Crippen LogP contribution in [-0.4, -0.2) is 24.0 Å². The standard InChI is InChI=1S/C13H15F2N3OS/c14-10-8(13(17)20)3-4-9(11(10)15)18-5-1-2-7(6-18)12(16)19/h3-4,7H,1-2,5-6H2,(H2,16,19)(H2,17,20). The first-order chi connectivity index (χ1) is 9.41. The molecule has 1 aromatic rings. The van der Waals surface area contributed by atoms with Crippen LogP contribution in [0.15, 0.2) is 12.1 Å². The van der Waals surface area contributed by atoms with Crippen molar-refractivity contribution in [1.29, 1.82) is 0 Å². The van der Waals surface area contributed by atoms with Gasteiger partial charge in [-0.3, -0.25) is 4.79 Å². The fourth-order valence-corrected chi connectivity index (χ4v) is 2.56. The molecule has 0 bridgehead atoms. The summed E-state index contributed by atoms with van der Waals surface area (Å²) in [6.07, 6.45) is 1.37. The molecule has 1 saturated heterocycles. The monoisotopic (exact) mass is 299 g/mol. The molecule has 1 atom stereocenters. The molecule has 0 aliphatic carbocycles. The summed E-state index contributed by atoms with van der Waals surface area (Å²) in [5.74, 6) is -2.83. The van der Waals surface area contributed by atoms with Crippen LogP contribution in [0.2, 0.25) is 0 Å². The van der Waals surface area contributed by atoms with Crippen LogP contribution in [-0.2, 0) is 4.79 Å². The lowest BCUT2D eigenvalue weighted by molar-refractivity contribution is -0.122. The maximum atomic E-state index is 14.1. The maximum absolute atomic E-state index is 14.1. The summed E-state index contributed by atoms with van der Waals surface area (Å²) >= 11 is 4.66. The van der Waals surface area contributed by atoms with Gasteiger partial charge in [0.1, 0.15) is 4.99 Å². The molecule has 0 radical (unpaired) electrons. The number of halogens is 2.